The van der Waals surface area contributed by atoms with Crippen molar-refractivity contribution in [2.24, 2.45) is 0 Å². The van der Waals surface area contributed by atoms with Crippen LogP contribution in [0.3, 0.4) is 0 Å². The fourth-order valence-corrected chi connectivity index (χ4v) is 3.15. The first kappa shape index (κ1) is 16.5. The molecule has 0 aliphatic carbocycles. The summed E-state index contributed by atoms with van der Waals surface area (Å²) in [6, 6.07) is 9.59. The van der Waals surface area contributed by atoms with Crippen molar-refractivity contribution in [3.63, 3.8) is 0 Å². The van der Waals surface area contributed by atoms with Crippen molar-refractivity contribution < 1.29 is 9.53 Å². The first-order valence-electron chi connectivity index (χ1n) is 8.36. The highest BCUT2D eigenvalue weighted by Crippen LogP contribution is 2.25. The number of nitrogens with zero attached hydrogens (tertiary/aromatic N) is 3. The van der Waals surface area contributed by atoms with Crippen molar-refractivity contribution in [3.05, 3.63) is 42.7 Å². The molecule has 24 heavy (non-hydrogen) atoms. The van der Waals surface area contributed by atoms with E-state index in [2.05, 4.69) is 17.3 Å². The third-order valence-corrected chi connectivity index (χ3v) is 4.31. The molecular weight excluding hydrogens is 304 g/mol. The Kier molecular flexibility index (Phi) is 5.15. The van der Waals surface area contributed by atoms with E-state index in [9.17, 15) is 4.79 Å². The van der Waals surface area contributed by atoms with Crippen LogP contribution in [0.1, 0.15) is 19.8 Å². The third-order valence-electron chi connectivity index (χ3n) is 4.31. The molecule has 2 aromatic rings. The molecule has 128 valence electrons. The van der Waals surface area contributed by atoms with Crippen molar-refractivity contribution >= 4 is 11.6 Å². The fourth-order valence-electron chi connectivity index (χ4n) is 3.15. The van der Waals surface area contributed by atoms with Crippen LogP contribution in [0.25, 0.3) is 0 Å². The molecule has 1 aliphatic heterocycles. The summed E-state index contributed by atoms with van der Waals surface area (Å²) < 4.78 is 7.15. The van der Waals surface area contributed by atoms with Crippen LogP contribution in [0.15, 0.2) is 42.7 Å². The molecule has 0 radical (unpaired) electrons. The van der Waals surface area contributed by atoms with Gasteiger partial charge in [-0.25, -0.2) is 0 Å². The zero-order chi connectivity index (χ0) is 16.9. The van der Waals surface area contributed by atoms with Gasteiger partial charge in [-0.2, -0.15) is 5.10 Å². The Morgan fingerprint density at radius 1 is 1.42 bits per heavy atom. The van der Waals surface area contributed by atoms with E-state index in [0.717, 1.165) is 37.4 Å². The van der Waals surface area contributed by atoms with E-state index >= 15 is 0 Å². The van der Waals surface area contributed by atoms with Crippen molar-refractivity contribution in [1.82, 2.24) is 15.1 Å². The van der Waals surface area contributed by atoms with Gasteiger partial charge >= 0.3 is 0 Å². The predicted octanol–water partition coefficient (Wildman–Crippen LogP) is 2.07. The quantitative estimate of drug-likeness (QED) is 0.882. The first-order valence-corrected chi connectivity index (χ1v) is 8.36. The molecule has 1 aromatic carbocycles. The topological polar surface area (TPSA) is 59.4 Å². The predicted molar refractivity (Wildman–Crippen MR) is 93.2 cm³/mol. The maximum Gasteiger partial charge on any atom is 0.244 e. The van der Waals surface area contributed by atoms with E-state index in [4.69, 9.17) is 4.74 Å². The number of anilines is 1. The molecule has 1 aliphatic rings. The smallest absolute Gasteiger partial charge is 0.244 e. The zero-order valence-electron chi connectivity index (χ0n) is 14.2. The van der Waals surface area contributed by atoms with Crippen LogP contribution in [-0.4, -0.2) is 41.4 Å². The number of ether oxygens (including phenoxy) is 1. The number of hydrogen-bond donors (Lipinski definition) is 1. The highest BCUT2D eigenvalue weighted by Gasteiger charge is 2.30. The van der Waals surface area contributed by atoms with Crippen molar-refractivity contribution in [2.75, 3.05) is 18.6 Å². The number of rotatable bonds is 6. The van der Waals surface area contributed by atoms with Gasteiger partial charge in [-0.05, 0) is 38.0 Å². The van der Waals surface area contributed by atoms with E-state index in [1.807, 2.05) is 46.1 Å². The molecule has 0 saturated carbocycles. The third kappa shape index (κ3) is 3.76. The summed E-state index contributed by atoms with van der Waals surface area (Å²) in [6.07, 6.45) is 5.55. The SMILES string of the molecule is COc1cccc(N2CCC[C@H](N[C@H](C)Cn3cccn3)C2=O)c1. The summed E-state index contributed by atoms with van der Waals surface area (Å²) in [5.41, 5.74) is 0.894. The summed E-state index contributed by atoms with van der Waals surface area (Å²) in [5, 5.41) is 7.67. The lowest BCUT2D eigenvalue weighted by Crippen LogP contribution is -2.53. The van der Waals surface area contributed by atoms with E-state index in [1.165, 1.54) is 0 Å². The number of hydrogen-bond acceptors (Lipinski definition) is 4. The fraction of sp³-hybridized carbons (Fsp3) is 0.444. The second kappa shape index (κ2) is 7.49. The van der Waals surface area contributed by atoms with Crippen LogP contribution >= 0.6 is 0 Å². The van der Waals surface area contributed by atoms with Gasteiger partial charge in [-0.3, -0.25) is 9.48 Å². The maximum atomic E-state index is 12.9. The monoisotopic (exact) mass is 328 g/mol. The van der Waals surface area contributed by atoms with Gasteiger partial charge in [0.15, 0.2) is 0 Å². The lowest BCUT2D eigenvalue weighted by molar-refractivity contribution is -0.122. The van der Waals surface area contributed by atoms with E-state index < -0.39 is 0 Å². The molecule has 3 rings (SSSR count). The minimum absolute atomic E-state index is 0.127. The van der Waals surface area contributed by atoms with Gasteiger partial charge in [-0.15, -0.1) is 0 Å². The maximum absolute atomic E-state index is 12.9. The first-order chi connectivity index (χ1) is 11.7. The van der Waals surface area contributed by atoms with E-state index in [0.29, 0.717) is 0 Å². The second-order valence-electron chi connectivity index (χ2n) is 6.18. The average Bonchev–Trinajstić information content (AvgIpc) is 3.09. The average molecular weight is 328 g/mol. The van der Waals surface area contributed by atoms with Gasteiger partial charge in [0.05, 0.1) is 19.7 Å². The standard InChI is InChI=1S/C18H24N4O2/c1-14(13-21-10-5-9-19-21)20-17-8-4-11-22(18(17)23)15-6-3-7-16(12-15)24-2/h3,5-7,9-10,12,14,17,20H,4,8,11,13H2,1-2H3/t14-,17+/m1/s1. The van der Waals surface area contributed by atoms with Gasteiger partial charge in [-0.1, -0.05) is 6.07 Å². The Balaban J connectivity index is 1.65. The second-order valence-corrected chi connectivity index (χ2v) is 6.18. The van der Waals surface area contributed by atoms with Crippen LogP contribution in [0.2, 0.25) is 0 Å². The number of carbonyl (C=O) groups excluding carboxylic acids is 1. The summed E-state index contributed by atoms with van der Waals surface area (Å²) >= 11 is 0. The number of piperidine rings is 1. The number of aromatic nitrogens is 2. The van der Waals surface area contributed by atoms with Gasteiger partial charge in [0.1, 0.15) is 5.75 Å². The molecule has 1 aromatic heterocycles. The number of carbonyl (C=O) groups is 1. The number of benzene rings is 1. The summed E-state index contributed by atoms with van der Waals surface area (Å²) in [6.45, 7) is 3.58. The Morgan fingerprint density at radius 2 is 2.29 bits per heavy atom. The Bertz CT molecular complexity index is 671. The van der Waals surface area contributed by atoms with Crippen molar-refractivity contribution in [3.8, 4) is 5.75 Å². The molecule has 1 fully saturated rings. The minimum Gasteiger partial charge on any atom is -0.497 e. The van der Waals surface area contributed by atoms with Crippen LogP contribution in [-0.2, 0) is 11.3 Å². The molecule has 0 spiro atoms. The van der Waals surface area contributed by atoms with Crippen LogP contribution in [0.4, 0.5) is 5.69 Å². The van der Waals surface area contributed by atoms with Crippen molar-refractivity contribution in [1.29, 1.82) is 0 Å². The van der Waals surface area contributed by atoms with Gasteiger partial charge in [0.2, 0.25) is 5.91 Å². The number of amides is 1. The molecule has 0 unspecified atom stereocenters. The highest BCUT2D eigenvalue weighted by molar-refractivity contribution is 5.98. The zero-order valence-corrected chi connectivity index (χ0v) is 14.2. The van der Waals surface area contributed by atoms with Gasteiger partial charge in [0, 0.05) is 36.7 Å². The molecule has 6 heteroatoms. The number of nitrogens with one attached hydrogen (secondary N) is 1. The molecule has 1 N–H and O–H groups in total. The molecule has 2 heterocycles. The Morgan fingerprint density at radius 3 is 3.04 bits per heavy atom. The van der Waals surface area contributed by atoms with Crippen LogP contribution in [0.5, 0.6) is 5.75 Å². The lowest BCUT2D eigenvalue weighted by atomic mass is 10.0. The molecule has 1 saturated heterocycles. The molecular formula is C18H24N4O2. The summed E-state index contributed by atoms with van der Waals surface area (Å²) in [4.78, 5) is 14.7. The molecule has 6 nitrogen and oxygen atoms in total. The van der Waals surface area contributed by atoms with Gasteiger partial charge < -0.3 is 15.0 Å². The highest BCUT2D eigenvalue weighted by atomic mass is 16.5. The normalized spacial score (nSPS) is 19.3. The Labute approximate surface area is 142 Å². The van der Waals surface area contributed by atoms with Crippen molar-refractivity contribution in [2.45, 2.75) is 38.4 Å². The van der Waals surface area contributed by atoms with E-state index in [1.54, 1.807) is 13.3 Å². The Hall–Kier alpha value is -2.34. The van der Waals surface area contributed by atoms with Crippen LogP contribution in [0, 0.1) is 0 Å². The summed E-state index contributed by atoms with van der Waals surface area (Å²) in [7, 11) is 1.64. The largest absolute Gasteiger partial charge is 0.497 e. The molecule has 1 amide bonds. The number of methoxy groups -OCH3 is 1. The van der Waals surface area contributed by atoms with Crippen LogP contribution < -0.4 is 15.0 Å². The molecule has 0 bridgehead atoms. The summed E-state index contributed by atoms with van der Waals surface area (Å²) in [5.74, 6) is 0.893. The molecule has 2 atom stereocenters. The minimum atomic E-state index is -0.157. The lowest BCUT2D eigenvalue weighted by Gasteiger charge is -2.34. The van der Waals surface area contributed by atoms with E-state index in [-0.39, 0.29) is 18.0 Å². The van der Waals surface area contributed by atoms with Gasteiger partial charge in [0.25, 0.3) is 0 Å².